The molecule has 4 nitrogen and oxygen atoms in total. The Morgan fingerprint density at radius 1 is 0.794 bits per heavy atom. The first-order valence-electron chi connectivity index (χ1n) is 10.2. The minimum atomic E-state index is -4.73. The van der Waals surface area contributed by atoms with Crippen molar-refractivity contribution in [2.75, 3.05) is 6.61 Å². The van der Waals surface area contributed by atoms with E-state index in [0.29, 0.717) is 18.1 Å². The van der Waals surface area contributed by atoms with E-state index in [1.54, 1.807) is 19.1 Å². The zero-order valence-corrected chi connectivity index (χ0v) is 18.1. The molecular weight excluding hydrogens is 459 g/mol. The highest BCUT2D eigenvalue weighted by atomic mass is 19.4. The molecule has 9 heteroatoms. The van der Waals surface area contributed by atoms with E-state index in [2.05, 4.69) is 4.74 Å². The normalized spacial score (nSPS) is 12.2. The van der Waals surface area contributed by atoms with Crippen molar-refractivity contribution in [1.82, 2.24) is 0 Å². The van der Waals surface area contributed by atoms with Crippen LogP contribution in [0.15, 0.2) is 60.7 Å². The Labute approximate surface area is 191 Å². The summed E-state index contributed by atoms with van der Waals surface area (Å²) in [5.74, 6) is -3.42. The molecule has 0 radical (unpaired) electrons. The van der Waals surface area contributed by atoms with Crippen LogP contribution in [0.2, 0.25) is 0 Å². The number of ether oxygens (including phenoxy) is 2. The quantitative estimate of drug-likeness (QED) is 0.297. The fourth-order valence-electron chi connectivity index (χ4n) is 3.09. The maximum atomic E-state index is 14.6. The molecule has 0 saturated carbocycles. The van der Waals surface area contributed by atoms with Gasteiger partial charge in [-0.25, -0.2) is 18.4 Å². The standard InChI is InChI=1S/C25H19F5O4/c1-3-33-23(31)17-8-10-19(21(26)12-17)15-4-6-16(7-5-15)20-11-9-18(13-22(20)27)24(32)34-14(2)25(28,29)30/h4-14H,3H2,1-2H3/t14-/m0/s1. The predicted molar refractivity (Wildman–Crippen MR) is 114 cm³/mol. The zero-order valence-electron chi connectivity index (χ0n) is 18.1. The summed E-state index contributed by atoms with van der Waals surface area (Å²) in [6, 6.07) is 13.3. The Morgan fingerprint density at radius 2 is 1.24 bits per heavy atom. The van der Waals surface area contributed by atoms with Gasteiger partial charge in [-0.2, -0.15) is 13.2 Å². The number of carbonyl (C=O) groups excluding carboxylic acids is 2. The molecular formula is C25H19F5O4. The van der Waals surface area contributed by atoms with Crippen LogP contribution in [0.4, 0.5) is 22.0 Å². The van der Waals surface area contributed by atoms with Gasteiger partial charge < -0.3 is 9.47 Å². The SMILES string of the molecule is CCOC(=O)c1ccc(-c2ccc(-c3ccc(C(=O)O[C@@H](C)C(F)(F)F)cc3F)cc2)c(F)c1. The fourth-order valence-corrected chi connectivity index (χ4v) is 3.09. The third kappa shape index (κ3) is 5.59. The summed E-state index contributed by atoms with van der Waals surface area (Å²) < 4.78 is 76.0. The van der Waals surface area contributed by atoms with Crippen LogP contribution in [0.3, 0.4) is 0 Å². The molecule has 0 unspecified atom stereocenters. The van der Waals surface area contributed by atoms with Crippen LogP contribution >= 0.6 is 0 Å². The molecule has 0 bridgehead atoms. The van der Waals surface area contributed by atoms with E-state index in [-0.39, 0.29) is 28.9 Å². The molecule has 34 heavy (non-hydrogen) atoms. The first-order valence-corrected chi connectivity index (χ1v) is 10.2. The summed E-state index contributed by atoms with van der Waals surface area (Å²) in [5, 5.41) is 0. The molecule has 0 saturated heterocycles. The van der Waals surface area contributed by atoms with Gasteiger partial charge in [0, 0.05) is 11.1 Å². The molecule has 0 heterocycles. The highest BCUT2D eigenvalue weighted by Crippen LogP contribution is 2.30. The van der Waals surface area contributed by atoms with Crippen molar-refractivity contribution in [3.8, 4) is 22.3 Å². The summed E-state index contributed by atoms with van der Waals surface area (Å²) in [6.07, 6.45) is -7.06. The largest absolute Gasteiger partial charge is 0.462 e. The van der Waals surface area contributed by atoms with E-state index in [1.165, 1.54) is 30.3 Å². The number of hydrogen-bond acceptors (Lipinski definition) is 4. The third-order valence-corrected chi connectivity index (χ3v) is 4.94. The van der Waals surface area contributed by atoms with Gasteiger partial charge in [0.25, 0.3) is 0 Å². The average molecular weight is 478 g/mol. The second kappa shape index (κ2) is 10.0. The molecule has 0 aliphatic carbocycles. The van der Waals surface area contributed by atoms with E-state index < -0.39 is 35.9 Å². The maximum absolute atomic E-state index is 14.6. The zero-order chi connectivity index (χ0) is 25.0. The van der Waals surface area contributed by atoms with Crippen molar-refractivity contribution in [3.05, 3.63) is 83.4 Å². The molecule has 3 aromatic carbocycles. The number of hydrogen-bond donors (Lipinski definition) is 0. The molecule has 0 amide bonds. The van der Waals surface area contributed by atoms with Crippen molar-refractivity contribution >= 4 is 11.9 Å². The van der Waals surface area contributed by atoms with E-state index in [1.807, 2.05) is 0 Å². The van der Waals surface area contributed by atoms with E-state index >= 15 is 0 Å². The molecule has 0 aliphatic rings. The lowest BCUT2D eigenvalue weighted by Crippen LogP contribution is -2.30. The van der Waals surface area contributed by atoms with Crippen LogP contribution in [0.5, 0.6) is 0 Å². The Balaban J connectivity index is 1.80. The van der Waals surface area contributed by atoms with Crippen molar-refractivity contribution in [2.24, 2.45) is 0 Å². The van der Waals surface area contributed by atoms with Gasteiger partial charge in [-0.3, -0.25) is 0 Å². The van der Waals surface area contributed by atoms with Gasteiger partial charge in [-0.15, -0.1) is 0 Å². The van der Waals surface area contributed by atoms with Gasteiger partial charge in [-0.1, -0.05) is 36.4 Å². The van der Waals surface area contributed by atoms with Crippen molar-refractivity contribution in [2.45, 2.75) is 26.1 Å². The molecule has 3 aromatic rings. The summed E-state index contributed by atoms with van der Waals surface area (Å²) in [4.78, 5) is 23.6. The van der Waals surface area contributed by atoms with Crippen LogP contribution in [0, 0.1) is 11.6 Å². The van der Waals surface area contributed by atoms with Crippen LogP contribution in [-0.2, 0) is 9.47 Å². The smallest absolute Gasteiger partial charge is 0.425 e. The average Bonchev–Trinajstić information content (AvgIpc) is 2.78. The number of alkyl halides is 3. The Morgan fingerprint density at radius 3 is 1.62 bits per heavy atom. The van der Waals surface area contributed by atoms with Crippen LogP contribution in [0.1, 0.15) is 34.6 Å². The molecule has 0 fully saturated rings. The molecule has 0 spiro atoms. The van der Waals surface area contributed by atoms with Gasteiger partial charge in [0.2, 0.25) is 0 Å². The molecule has 178 valence electrons. The Kier molecular flexibility index (Phi) is 7.34. The summed E-state index contributed by atoms with van der Waals surface area (Å²) >= 11 is 0. The van der Waals surface area contributed by atoms with Gasteiger partial charge >= 0.3 is 18.1 Å². The minimum Gasteiger partial charge on any atom is -0.462 e. The number of benzene rings is 3. The van der Waals surface area contributed by atoms with E-state index in [9.17, 15) is 31.5 Å². The third-order valence-electron chi connectivity index (χ3n) is 4.94. The highest BCUT2D eigenvalue weighted by Gasteiger charge is 2.39. The number of rotatable bonds is 6. The van der Waals surface area contributed by atoms with Gasteiger partial charge in [0.1, 0.15) is 11.6 Å². The predicted octanol–water partition coefficient (Wildman–Crippen LogP) is 6.58. The minimum absolute atomic E-state index is 0.0741. The fraction of sp³-hybridized carbons (Fsp3) is 0.200. The first kappa shape index (κ1) is 24.9. The monoisotopic (exact) mass is 478 g/mol. The highest BCUT2D eigenvalue weighted by molar-refractivity contribution is 5.91. The van der Waals surface area contributed by atoms with E-state index in [4.69, 9.17) is 4.74 Å². The topological polar surface area (TPSA) is 52.6 Å². The maximum Gasteiger partial charge on any atom is 0.425 e. The molecule has 1 atom stereocenters. The molecule has 3 rings (SSSR count). The summed E-state index contributed by atoms with van der Waals surface area (Å²) in [6.45, 7) is 2.48. The number of halogens is 5. The first-order chi connectivity index (χ1) is 16.0. The summed E-state index contributed by atoms with van der Waals surface area (Å²) in [5.41, 5.74) is 0.886. The van der Waals surface area contributed by atoms with Gasteiger partial charge in [0.05, 0.1) is 17.7 Å². The molecule has 0 N–H and O–H groups in total. The molecule has 0 aromatic heterocycles. The second-order valence-electron chi connectivity index (χ2n) is 7.28. The van der Waals surface area contributed by atoms with Crippen molar-refractivity contribution in [1.29, 1.82) is 0 Å². The Hall–Kier alpha value is -3.75. The van der Waals surface area contributed by atoms with Crippen molar-refractivity contribution in [3.63, 3.8) is 0 Å². The lowest BCUT2D eigenvalue weighted by atomic mass is 9.98. The molecule has 0 aliphatic heterocycles. The van der Waals surface area contributed by atoms with Crippen molar-refractivity contribution < 1.29 is 41.0 Å². The number of carbonyl (C=O) groups is 2. The van der Waals surface area contributed by atoms with Gasteiger partial charge in [-0.05, 0) is 49.2 Å². The lowest BCUT2D eigenvalue weighted by Gasteiger charge is -2.16. The Bertz CT molecular complexity index is 1200. The van der Waals surface area contributed by atoms with Gasteiger partial charge in [0.15, 0.2) is 6.10 Å². The van der Waals surface area contributed by atoms with Crippen LogP contribution < -0.4 is 0 Å². The second-order valence-corrected chi connectivity index (χ2v) is 7.28. The number of esters is 2. The van der Waals surface area contributed by atoms with Crippen LogP contribution in [-0.4, -0.2) is 30.8 Å². The van der Waals surface area contributed by atoms with Crippen LogP contribution in [0.25, 0.3) is 22.3 Å². The van der Waals surface area contributed by atoms with E-state index in [0.717, 1.165) is 18.2 Å². The lowest BCUT2D eigenvalue weighted by molar-refractivity contribution is -0.198. The summed E-state index contributed by atoms with van der Waals surface area (Å²) in [7, 11) is 0.